The van der Waals surface area contributed by atoms with Crippen molar-refractivity contribution in [2.24, 2.45) is 5.73 Å². The fourth-order valence-electron chi connectivity index (χ4n) is 1.99. The first kappa shape index (κ1) is 17.2. The number of carboxylic acid groups (broad SMARTS) is 1. The molecule has 3 atom stereocenters. The number of amides is 3. The van der Waals surface area contributed by atoms with Crippen molar-refractivity contribution in [2.45, 2.75) is 38.0 Å². The van der Waals surface area contributed by atoms with Crippen LogP contribution < -0.4 is 11.1 Å². The van der Waals surface area contributed by atoms with E-state index < -0.39 is 30.1 Å². The van der Waals surface area contributed by atoms with E-state index >= 15 is 0 Å². The second-order valence-electron chi connectivity index (χ2n) is 4.98. The molecule has 21 heavy (non-hydrogen) atoms. The number of hydrogen-bond donors (Lipinski definition) is 4. The molecular formula is C12H21N3O6. The number of carboxylic acids is 1. The second kappa shape index (κ2) is 7.79. The number of primary amides is 1. The molecule has 5 N–H and O–H groups in total. The van der Waals surface area contributed by atoms with E-state index in [-0.39, 0.29) is 38.6 Å². The molecule has 1 saturated heterocycles. The summed E-state index contributed by atoms with van der Waals surface area (Å²) in [6, 6.07) is -1.99. The Balaban J connectivity index is 2.62. The molecular weight excluding hydrogens is 282 g/mol. The van der Waals surface area contributed by atoms with E-state index in [2.05, 4.69) is 5.32 Å². The van der Waals surface area contributed by atoms with Crippen molar-refractivity contribution in [3.05, 3.63) is 0 Å². The van der Waals surface area contributed by atoms with Gasteiger partial charge in [0.25, 0.3) is 0 Å². The van der Waals surface area contributed by atoms with E-state index in [1.54, 1.807) is 6.92 Å². The Labute approximate surface area is 122 Å². The average molecular weight is 303 g/mol. The SMILES string of the molecule is CC1COC(CO)CN1C(=O)N[C@@H](CCC(N)=O)C(=O)O. The molecule has 1 aliphatic heterocycles. The topological polar surface area (TPSA) is 142 Å². The number of morpholine rings is 1. The largest absolute Gasteiger partial charge is 0.480 e. The Morgan fingerprint density at radius 2 is 2.14 bits per heavy atom. The molecule has 2 unspecified atom stereocenters. The van der Waals surface area contributed by atoms with E-state index in [0.717, 1.165) is 0 Å². The van der Waals surface area contributed by atoms with Crippen LogP contribution in [0.4, 0.5) is 4.79 Å². The molecule has 0 radical (unpaired) electrons. The van der Waals surface area contributed by atoms with Crippen LogP contribution >= 0.6 is 0 Å². The van der Waals surface area contributed by atoms with Gasteiger partial charge in [0.05, 0.1) is 31.9 Å². The molecule has 0 aliphatic carbocycles. The van der Waals surface area contributed by atoms with Gasteiger partial charge >= 0.3 is 12.0 Å². The monoisotopic (exact) mass is 303 g/mol. The van der Waals surface area contributed by atoms with Crippen LogP contribution in [-0.4, -0.2) is 71.0 Å². The Bertz CT molecular complexity index is 402. The van der Waals surface area contributed by atoms with E-state index in [9.17, 15) is 14.4 Å². The summed E-state index contributed by atoms with van der Waals surface area (Å²) in [6.07, 6.45) is -0.686. The van der Waals surface area contributed by atoms with Crippen molar-refractivity contribution in [1.82, 2.24) is 10.2 Å². The Morgan fingerprint density at radius 3 is 2.67 bits per heavy atom. The number of carbonyl (C=O) groups is 3. The number of rotatable bonds is 6. The standard InChI is InChI=1S/C12H21N3O6/c1-7-6-21-8(5-16)4-15(7)12(20)14-9(11(18)19)2-3-10(13)17/h7-9,16H,2-6H2,1H3,(H2,13,17)(H,14,20)(H,18,19)/t7?,8?,9-/m0/s1. The lowest BCUT2D eigenvalue weighted by Crippen LogP contribution is -2.57. The smallest absolute Gasteiger partial charge is 0.326 e. The second-order valence-corrected chi connectivity index (χ2v) is 4.98. The van der Waals surface area contributed by atoms with Gasteiger partial charge in [-0.05, 0) is 13.3 Å². The first-order valence-electron chi connectivity index (χ1n) is 6.65. The third kappa shape index (κ3) is 5.20. The Hall–Kier alpha value is -1.87. The lowest BCUT2D eigenvalue weighted by Gasteiger charge is -2.37. The first-order chi connectivity index (χ1) is 9.85. The van der Waals surface area contributed by atoms with Crippen LogP contribution in [0.1, 0.15) is 19.8 Å². The van der Waals surface area contributed by atoms with Gasteiger partial charge < -0.3 is 30.9 Å². The Kier molecular flexibility index (Phi) is 6.38. The van der Waals surface area contributed by atoms with Crippen LogP contribution in [0.3, 0.4) is 0 Å². The maximum absolute atomic E-state index is 12.1. The number of nitrogens with one attached hydrogen (secondary N) is 1. The van der Waals surface area contributed by atoms with Crippen LogP contribution in [-0.2, 0) is 14.3 Å². The van der Waals surface area contributed by atoms with Crippen molar-refractivity contribution in [1.29, 1.82) is 0 Å². The molecule has 9 heteroatoms. The molecule has 0 aromatic heterocycles. The summed E-state index contributed by atoms with van der Waals surface area (Å²) in [5.74, 6) is -1.86. The van der Waals surface area contributed by atoms with Crippen molar-refractivity contribution in [2.75, 3.05) is 19.8 Å². The van der Waals surface area contributed by atoms with Crippen LogP contribution in [0.2, 0.25) is 0 Å². The minimum atomic E-state index is -1.23. The van der Waals surface area contributed by atoms with Crippen molar-refractivity contribution in [3.63, 3.8) is 0 Å². The molecule has 0 bridgehead atoms. The minimum Gasteiger partial charge on any atom is -0.480 e. The molecule has 0 spiro atoms. The van der Waals surface area contributed by atoms with E-state index in [1.807, 2.05) is 0 Å². The summed E-state index contributed by atoms with van der Waals surface area (Å²) in [7, 11) is 0. The molecule has 0 aromatic carbocycles. The van der Waals surface area contributed by atoms with Gasteiger partial charge in [-0.2, -0.15) is 0 Å². The quantitative estimate of drug-likeness (QED) is 0.470. The van der Waals surface area contributed by atoms with Gasteiger partial charge in [0.15, 0.2) is 0 Å². The van der Waals surface area contributed by atoms with Crippen LogP contribution in [0.5, 0.6) is 0 Å². The van der Waals surface area contributed by atoms with Gasteiger partial charge in [0.1, 0.15) is 6.04 Å². The zero-order valence-corrected chi connectivity index (χ0v) is 11.8. The predicted molar refractivity (Wildman–Crippen MR) is 71.4 cm³/mol. The number of aliphatic hydroxyl groups is 1. The molecule has 120 valence electrons. The van der Waals surface area contributed by atoms with E-state index in [1.165, 1.54) is 4.90 Å². The summed E-state index contributed by atoms with van der Waals surface area (Å²) in [6.45, 7) is 1.97. The molecule has 3 amide bonds. The molecule has 1 aliphatic rings. The summed E-state index contributed by atoms with van der Waals surface area (Å²) in [5, 5.41) is 20.5. The molecule has 1 heterocycles. The number of nitrogens with two attached hydrogens (primary N) is 1. The number of ether oxygens (including phenoxy) is 1. The zero-order valence-electron chi connectivity index (χ0n) is 11.8. The third-order valence-electron chi connectivity index (χ3n) is 3.25. The van der Waals surface area contributed by atoms with Gasteiger partial charge in [-0.25, -0.2) is 9.59 Å². The lowest BCUT2D eigenvalue weighted by molar-refractivity contribution is -0.139. The maximum atomic E-state index is 12.1. The highest BCUT2D eigenvalue weighted by atomic mass is 16.5. The number of nitrogens with zero attached hydrogens (tertiary/aromatic N) is 1. The van der Waals surface area contributed by atoms with Gasteiger partial charge in [-0.1, -0.05) is 0 Å². The first-order valence-corrected chi connectivity index (χ1v) is 6.65. The van der Waals surface area contributed by atoms with Crippen molar-refractivity contribution < 1.29 is 29.3 Å². The fourth-order valence-corrected chi connectivity index (χ4v) is 1.99. The molecule has 1 rings (SSSR count). The number of aliphatic hydroxyl groups excluding tert-OH is 1. The van der Waals surface area contributed by atoms with E-state index in [4.69, 9.17) is 20.7 Å². The van der Waals surface area contributed by atoms with Gasteiger partial charge in [0.2, 0.25) is 5.91 Å². The number of carbonyl (C=O) groups excluding carboxylic acids is 2. The van der Waals surface area contributed by atoms with Crippen molar-refractivity contribution >= 4 is 17.9 Å². The highest BCUT2D eigenvalue weighted by Crippen LogP contribution is 2.12. The summed E-state index contributed by atoms with van der Waals surface area (Å²) >= 11 is 0. The minimum absolute atomic E-state index is 0.0709. The summed E-state index contributed by atoms with van der Waals surface area (Å²) in [5.41, 5.74) is 4.97. The van der Waals surface area contributed by atoms with Gasteiger partial charge in [-0.3, -0.25) is 4.79 Å². The van der Waals surface area contributed by atoms with Crippen molar-refractivity contribution in [3.8, 4) is 0 Å². The van der Waals surface area contributed by atoms with Gasteiger partial charge in [0, 0.05) is 6.42 Å². The highest BCUT2D eigenvalue weighted by molar-refractivity contribution is 5.83. The average Bonchev–Trinajstić information content (AvgIpc) is 2.43. The van der Waals surface area contributed by atoms with Crippen LogP contribution in [0.15, 0.2) is 0 Å². The van der Waals surface area contributed by atoms with Crippen LogP contribution in [0.25, 0.3) is 0 Å². The molecule has 0 saturated carbocycles. The zero-order chi connectivity index (χ0) is 16.0. The van der Waals surface area contributed by atoms with Crippen LogP contribution in [0, 0.1) is 0 Å². The number of hydrogen-bond acceptors (Lipinski definition) is 5. The highest BCUT2D eigenvalue weighted by Gasteiger charge is 2.31. The normalized spacial score (nSPS) is 23.4. The molecule has 9 nitrogen and oxygen atoms in total. The fraction of sp³-hybridized carbons (Fsp3) is 0.750. The number of urea groups is 1. The summed E-state index contributed by atoms with van der Waals surface area (Å²) < 4.78 is 5.30. The third-order valence-corrected chi connectivity index (χ3v) is 3.25. The van der Waals surface area contributed by atoms with Gasteiger partial charge in [-0.15, -0.1) is 0 Å². The van der Waals surface area contributed by atoms with E-state index in [0.29, 0.717) is 0 Å². The number of aliphatic carboxylic acids is 1. The molecule has 0 aromatic rings. The lowest BCUT2D eigenvalue weighted by atomic mass is 10.1. The predicted octanol–water partition coefficient (Wildman–Crippen LogP) is -1.50. The molecule has 1 fully saturated rings. The Morgan fingerprint density at radius 1 is 1.48 bits per heavy atom. The summed E-state index contributed by atoms with van der Waals surface area (Å²) in [4.78, 5) is 35.3. The maximum Gasteiger partial charge on any atom is 0.326 e.